The van der Waals surface area contributed by atoms with Gasteiger partial charge in [-0.05, 0) is 23.8 Å². The van der Waals surface area contributed by atoms with Crippen molar-refractivity contribution in [3.63, 3.8) is 0 Å². The highest BCUT2D eigenvalue weighted by molar-refractivity contribution is 6.04. The molecule has 6 heteroatoms. The molecule has 0 bridgehead atoms. The number of carboxylic acids is 1. The zero-order chi connectivity index (χ0) is 17.4. The van der Waals surface area contributed by atoms with Crippen molar-refractivity contribution in [3.05, 3.63) is 77.9 Å². The lowest BCUT2D eigenvalue weighted by Crippen LogP contribution is -2.25. The number of hydrogen-bond acceptors (Lipinski definition) is 3. The maximum Gasteiger partial charge on any atom is 0.339 e. The molecule has 1 aliphatic rings. The highest BCUT2D eigenvalue weighted by Gasteiger charge is 2.34. The third-order valence-corrected chi connectivity index (χ3v) is 4.38. The van der Waals surface area contributed by atoms with Crippen molar-refractivity contribution in [2.45, 2.75) is 12.3 Å². The average Bonchev–Trinajstić information content (AvgIpc) is 3.02. The van der Waals surface area contributed by atoms with Crippen molar-refractivity contribution < 1.29 is 14.7 Å². The van der Waals surface area contributed by atoms with Crippen LogP contribution in [0.2, 0.25) is 0 Å². The molecule has 0 fully saturated rings. The van der Waals surface area contributed by atoms with Gasteiger partial charge in [0.25, 0.3) is 0 Å². The topological polar surface area (TPSA) is 84.2 Å². The van der Waals surface area contributed by atoms with Gasteiger partial charge in [-0.15, -0.1) is 0 Å². The second-order valence-corrected chi connectivity index (χ2v) is 5.90. The Kier molecular flexibility index (Phi) is 3.57. The molecule has 4 rings (SSSR count). The summed E-state index contributed by atoms with van der Waals surface area (Å²) in [6, 6.07) is 13.2. The second kappa shape index (κ2) is 5.90. The van der Waals surface area contributed by atoms with Crippen LogP contribution in [0.3, 0.4) is 0 Å². The zero-order valence-corrected chi connectivity index (χ0v) is 13.2. The summed E-state index contributed by atoms with van der Waals surface area (Å²) in [6.45, 7) is 0. The van der Waals surface area contributed by atoms with Crippen LogP contribution in [-0.4, -0.2) is 26.5 Å². The highest BCUT2D eigenvalue weighted by Crippen LogP contribution is 2.41. The van der Waals surface area contributed by atoms with Crippen LogP contribution < -0.4 is 5.32 Å². The lowest BCUT2D eigenvalue weighted by Gasteiger charge is -2.26. The van der Waals surface area contributed by atoms with Gasteiger partial charge in [0.1, 0.15) is 5.56 Å². The minimum Gasteiger partial charge on any atom is -0.478 e. The fourth-order valence-electron chi connectivity index (χ4n) is 3.29. The summed E-state index contributed by atoms with van der Waals surface area (Å²) in [7, 11) is 0. The Morgan fingerprint density at radius 1 is 1.20 bits per heavy atom. The van der Waals surface area contributed by atoms with Crippen LogP contribution >= 0.6 is 0 Å². The fraction of sp³-hybridized carbons (Fsp3) is 0.105. The number of fused-ring (bicyclic) bond motifs is 1. The largest absolute Gasteiger partial charge is 0.478 e. The summed E-state index contributed by atoms with van der Waals surface area (Å²) in [5, 5.41) is 12.3. The normalized spacial score (nSPS) is 16.2. The van der Waals surface area contributed by atoms with Gasteiger partial charge in [-0.1, -0.05) is 24.3 Å². The van der Waals surface area contributed by atoms with Crippen molar-refractivity contribution in [3.8, 4) is 5.69 Å². The molecule has 2 N–H and O–H groups in total. The number of nitrogens with one attached hydrogen (secondary N) is 1. The number of aromatic nitrogens is 2. The summed E-state index contributed by atoms with van der Waals surface area (Å²) >= 11 is 0. The molecule has 2 aromatic heterocycles. The summed E-state index contributed by atoms with van der Waals surface area (Å²) in [6.07, 6.45) is 5.20. The molecular formula is C19H15N3O3. The first kappa shape index (κ1) is 15.1. The smallest absolute Gasteiger partial charge is 0.339 e. The summed E-state index contributed by atoms with van der Waals surface area (Å²) < 4.78 is 1.84. The Morgan fingerprint density at radius 2 is 2.00 bits per heavy atom. The molecule has 0 saturated carbocycles. The first-order valence-corrected chi connectivity index (χ1v) is 7.89. The molecule has 0 spiro atoms. The molecule has 0 saturated heterocycles. The Hall–Kier alpha value is -3.41. The molecule has 3 heterocycles. The number of anilines is 1. The molecule has 1 aromatic carbocycles. The quantitative estimate of drug-likeness (QED) is 0.771. The number of hydrogen-bond donors (Lipinski definition) is 2. The van der Waals surface area contributed by atoms with E-state index in [9.17, 15) is 14.7 Å². The number of carbonyl (C=O) groups is 2. The van der Waals surface area contributed by atoms with E-state index in [2.05, 4.69) is 10.3 Å². The van der Waals surface area contributed by atoms with Crippen LogP contribution in [0.15, 0.2) is 61.1 Å². The molecule has 1 aliphatic heterocycles. The third kappa shape index (κ3) is 2.57. The van der Waals surface area contributed by atoms with E-state index in [1.807, 2.05) is 47.0 Å². The van der Waals surface area contributed by atoms with Crippen molar-refractivity contribution in [1.82, 2.24) is 9.55 Å². The Labute approximate surface area is 143 Å². The molecule has 25 heavy (non-hydrogen) atoms. The predicted octanol–water partition coefficient (Wildman–Crippen LogP) is 3.04. The molecule has 1 atom stereocenters. The number of carboxylic acid groups (broad SMARTS) is 1. The lowest BCUT2D eigenvalue weighted by atomic mass is 9.89. The number of para-hydroxylation sites is 1. The first-order chi connectivity index (χ1) is 12.1. The first-order valence-electron chi connectivity index (χ1n) is 7.89. The SMILES string of the molecule is O=C1C[C@H](c2cccnc2)c2c(c(C(=O)O)cn2-c2ccccc2)N1. The van der Waals surface area contributed by atoms with Crippen molar-refractivity contribution in [2.75, 3.05) is 5.32 Å². The number of aromatic carboxylic acids is 1. The molecule has 124 valence electrons. The van der Waals surface area contributed by atoms with Gasteiger partial charge in [-0.25, -0.2) is 4.79 Å². The van der Waals surface area contributed by atoms with Crippen LogP contribution in [0.5, 0.6) is 0 Å². The molecule has 0 unspecified atom stereocenters. The Balaban J connectivity index is 1.98. The van der Waals surface area contributed by atoms with Crippen LogP contribution in [0.25, 0.3) is 5.69 Å². The number of amides is 1. The van der Waals surface area contributed by atoms with Crippen LogP contribution in [-0.2, 0) is 4.79 Å². The van der Waals surface area contributed by atoms with Crippen LogP contribution in [0.1, 0.15) is 34.0 Å². The van der Waals surface area contributed by atoms with Crippen molar-refractivity contribution in [2.24, 2.45) is 0 Å². The van der Waals surface area contributed by atoms with Gasteiger partial charge < -0.3 is 15.0 Å². The van der Waals surface area contributed by atoms with Crippen molar-refractivity contribution in [1.29, 1.82) is 0 Å². The summed E-state index contributed by atoms with van der Waals surface area (Å²) in [5.74, 6) is -1.53. The average molecular weight is 333 g/mol. The van der Waals surface area contributed by atoms with E-state index in [4.69, 9.17) is 0 Å². The van der Waals surface area contributed by atoms with Crippen molar-refractivity contribution >= 4 is 17.6 Å². The number of nitrogens with zero attached hydrogens (tertiary/aromatic N) is 2. The maximum atomic E-state index is 12.2. The minimum atomic E-state index is -1.07. The molecule has 1 amide bonds. The monoisotopic (exact) mass is 333 g/mol. The molecule has 6 nitrogen and oxygen atoms in total. The van der Waals surface area contributed by atoms with Gasteiger partial charge in [0.05, 0.1) is 11.4 Å². The van der Waals surface area contributed by atoms with E-state index in [0.29, 0.717) is 5.69 Å². The van der Waals surface area contributed by atoms with Gasteiger partial charge in [0.15, 0.2) is 0 Å². The third-order valence-electron chi connectivity index (χ3n) is 4.38. The number of benzene rings is 1. The van der Waals surface area contributed by atoms with E-state index in [0.717, 1.165) is 16.9 Å². The highest BCUT2D eigenvalue weighted by atomic mass is 16.4. The zero-order valence-electron chi connectivity index (χ0n) is 13.2. The van der Waals surface area contributed by atoms with E-state index >= 15 is 0 Å². The second-order valence-electron chi connectivity index (χ2n) is 5.90. The van der Waals surface area contributed by atoms with Gasteiger partial charge in [0, 0.05) is 36.6 Å². The Bertz CT molecular complexity index is 949. The predicted molar refractivity (Wildman–Crippen MR) is 92.1 cm³/mol. The maximum absolute atomic E-state index is 12.2. The van der Waals surface area contributed by atoms with Crippen LogP contribution in [0.4, 0.5) is 5.69 Å². The molecular weight excluding hydrogens is 318 g/mol. The summed E-state index contributed by atoms with van der Waals surface area (Å²) in [5.41, 5.74) is 2.93. The van der Waals surface area contributed by atoms with E-state index in [1.165, 1.54) is 0 Å². The molecule has 3 aromatic rings. The minimum absolute atomic E-state index is 0.0841. The van der Waals surface area contributed by atoms with Gasteiger partial charge in [-0.2, -0.15) is 0 Å². The Morgan fingerprint density at radius 3 is 2.68 bits per heavy atom. The number of pyridine rings is 1. The van der Waals surface area contributed by atoms with E-state index < -0.39 is 5.97 Å². The molecule has 0 radical (unpaired) electrons. The van der Waals surface area contributed by atoms with Gasteiger partial charge in [-0.3, -0.25) is 9.78 Å². The van der Waals surface area contributed by atoms with Gasteiger partial charge in [0.2, 0.25) is 5.91 Å². The standard InChI is InChI=1S/C19H15N3O3/c23-16-9-14(12-5-4-8-20-10-12)18-17(21-16)15(19(24)25)11-22(18)13-6-2-1-3-7-13/h1-8,10-11,14H,9H2,(H,21,23)(H,24,25)/t14-/m1/s1. The lowest BCUT2D eigenvalue weighted by molar-refractivity contribution is -0.116. The number of rotatable bonds is 3. The van der Waals surface area contributed by atoms with E-state index in [1.54, 1.807) is 18.6 Å². The summed E-state index contributed by atoms with van der Waals surface area (Å²) in [4.78, 5) is 28.0. The van der Waals surface area contributed by atoms with Crippen LogP contribution in [0, 0.1) is 0 Å². The van der Waals surface area contributed by atoms with E-state index in [-0.39, 0.29) is 23.8 Å². The fourth-order valence-corrected chi connectivity index (χ4v) is 3.29. The van der Waals surface area contributed by atoms with Gasteiger partial charge >= 0.3 is 5.97 Å². The molecule has 0 aliphatic carbocycles. The number of carbonyl (C=O) groups excluding carboxylic acids is 1.